The fourth-order valence-corrected chi connectivity index (χ4v) is 4.04. The molecule has 3 aromatic rings. The Balaban J connectivity index is 1.28. The smallest absolute Gasteiger partial charge is 0.241 e. The van der Waals surface area contributed by atoms with Gasteiger partial charge in [-0.15, -0.1) is 0 Å². The average molecular weight is 439 g/mol. The molecule has 1 aliphatic rings. The zero-order chi connectivity index (χ0) is 22.5. The molecule has 4 rings (SSSR count). The molecular weight excluding hydrogens is 411 g/mol. The van der Waals surface area contributed by atoms with Crippen LogP contribution in [0.2, 0.25) is 0 Å². The van der Waals surface area contributed by atoms with E-state index in [1.807, 2.05) is 31.3 Å². The normalized spacial score (nSPS) is 15.0. The van der Waals surface area contributed by atoms with Crippen LogP contribution in [0.25, 0.3) is 11.4 Å². The van der Waals surface area contributed by atoms with E-state index in [2.05, 4.69) is 15.0 Å². The fraction of sp³-hybridized carbons (Fsp3) is 0.375. The zero-order valence-corrected chi connectivity index (χ0v) is 18.3. The van der Waals surface area contributed by atoms with Crippen LogP contribution in [0.5, 0.6) is 5.75 Å². The number of benzene rings is 2. The standard InChI is InChI=1S/C24H27FN4O3/c1-28(15-19-5-3-4-6-21(19)31-2)24(30)18-11-13-29(14-12-18)16-22-26-23(27-32-22)17-7-9-20(25)10-8-17/h3-10,18H,11-16H2,1-2H3. The second-order valence-electron chi connectivity index (χ2n) is 8.08. The van der Waals surface area contributed by atoms with Crippen molar-refractivity contribution in [1.82, 2.24) is 19.9 Å². The number of likely N-dealkylation sites (tertiary alicyclic amines) is 1. The van der Waals surface area contributed by atoms with Crippen LogP contribution < -0.4 is 4.74 Å². The van der Waals surface area contributed by atoms with Gasteiger partial charge < -0.3 is 14.2 Å². The molecule has 8 heteroatoms. The number of piperidine rings is 1. The van der Waals surface area contributed by atoms with Crippen molar-refractivity contribution in [2.24, 2.45) is 5.92 Å². The molecule has 0 unspecified atom stereocenters. The molecule has 0 bridgehead atoms. The Morgan fingerprint density at radius 1 is 1.19 bits per heavy atom. The maximum absolute atomic E-state index is 13.1. The van der Waals surface area contributed by atoms with E-state index < -0.39 is 0 Å². The lowest BCUT2D eigenvalue weighted by Gasteiger charge is -2.32. The summed E-state index contributed by atoms with van der Waals surface area (Å²) in [5, 5.41) is 4.00. The summed E-state index contributed by atoms with van der Waals surface area (Å²) in [5.74, 6) is 1.62. The molecule has 1 saturated heterocycles. The van der Waals surface area contributed by atoms with Crippen LogP contribution in [-0.4, -0.2) is 53.1 Å². The van der Waals surface area contributed by atoms with Gasteiger partial charge in [-0.3, -0.25) is 9.69 Å². The van der Waals surface area contributed by atoms with Crippen LogP contribution in [0, 0.1) is 11.7 Å². The molecule has 32 heavy (non-hydrogen) atoms. The summed E-state index contributed by atoms with van der Waals surface area (Å²) in [7, 11) is 3.49. The van der Waals surface area contributed by atoms with Gasteiger partial charge in [-0.25, -0.2) is 4.39 Å². The summed E-state index contributed by atoms with van der Waals surface area (Å²) in [5.41, 5.74) is 1.71. The van der Waals surface area contributed by atoms with E-state index in [0.29, 0.717) is 30.4 Å². The highest BCUT2D eigenvalue weighted by Crippen LogP contribution is 2.24. The number of rotatable bonds is 7. The van der Waals surface area contributed by atoms with Crippen LogP contribution in [0.3, 0.4) is 0 Å². The lowest BCUT2D eigenvalue weighted by molar-refractivity contribution is -0.136. The summed E-state index contributed by atoms with van der Waals surface area (Å²) in [6.07, 6.45) is 1.57. The number of carbonyl (C=O) groups is 1. The lowest BCUT2D eigenvalue weighted by Crippen LogP contribution is -2.40. The van der Waals surface area contributed by atoms with Gasteiger partial charge in [-0.2, -0.15) is 4.98 Å². The van der Waals surface area contributed by atoms with Gasteiger partial charge in [0.1, 0.15) is 11.6 Å². The van der Waals surface area contributed by atoms with Gasteiger partial charge in [0.2, 0.25) is 17.6 Å². The Labute approximate surface area is 186 Å². The van der Waals surface area contributed by atoms with Crippen molar-refractivity contribution in [2.45, 2.75) is 25.9 Å². The summed E-state index contributed by atoms with van der Waals surface area (Å²) >= 11 is 0. The first-order valence-electron chi connectivity index (χ1n) is 10.7. The van der Waals surface area contributed by atoms with Crippen LogP contribution in [0.4, 0.5) is 4.39 Å². The van der Waals surface area contributed by atoms with Crippen molar-refractivity contribution in [3.63, 3.8) is 0 Å². The van der Waals surface area contributed by atoms with Crippen LogP contribution in [0.15, 0.2) is 53.1 Å². The number of hydrogen-bond acceptors (Lipinski definition) is 6. The van der Waals surface area contributed by atoms with Gasteiger partial charge in [0, 0.05) is 30.6 Å². The average Bonchev–Trinajstić information content (AvgIpc) is 3.28. The van der Waals surface area contributed by atoms with Crippen LogP contribution >= 0.6 is 0 Å². The minimum Gasteiger partial charge on any atom is -0.496 e. The Hall–Kier alpha value is -3.26. The van der Waals surface area contributed by atoms with E-state index in [4.69, 9.17) is 9.26 Å². The highest BCUT2D eigenvalue weighted by atomic mass is 19.1. The summed E-state index contributed by atoms with van der Waals surface area (Å²) in [6.45, 7) is 2.63. The van der Waals surface area contributed by atoms with Gasteiger partial charge in [0.15, 0.2) is 0 Å². The molecule has 1 aromatic heterocycles. The number of nitrogens with zero attached hydrogens (tertiary/aromatic N) is 4. The maximum Gasteiger partial charge on any atom is 0.241 e. The van der Waals surface area contributed by atoms with E-state index in [0.717, 1.165) is 37.2 Å². The predicted molar refractivity (Wildman–Crippen MR) is 117 cm³/mol. The number of methoxy groups -OCH3 is 1. The monoisotopic (exact) mass is 438 g/mol. The first kappa shape index (κ1) is 22.0. The van der Waals surface area contributed by atoms with Gasteiger partial charge in [0.05, 0.1) is 13.7 Å². The minimum atomic E-state index is -0.302. The lowest BCUT2D eigenvalue weighted by atomic mass is 9.95. The molecule has 1 amide bonds. The van der Waals surface area contributed by atoms with E-state index in [-0.39, 0.29) is 17.6 Å². The number of carbonyl (C=O) groups excluding carboxylic acids is 1. The molecule has 2 heterocycles. The predicted octanol–water partition coefficient (Wildman–Crippen LogP) is 3.75. The molecule has 0 spiro atoms. The molecule has 1 fully saturated rings. The van der Waals surface area contributed by atoms with Crippen molar-refractivity contribution in [1.29, 1.82) is 0 Å². The summed E-state index contributed by atoms with van der Waals surface area (Å²) in [4.78, 5) is 21.4. The number of aromatic nitrogens is 2. The third-order valence-corrected chi connectivity index (χ3v) is 5.84. The summed E-state index contributed by atoms with van der Waals surface area (Å²) < 4.78 is 23.9. The second-order valence-corrected chi connectivity index (χ2v) is 8.08. The van der Waals surface area contributed by atoms with E-state index in [1.165, 1.54) is 12.1 Å². The quantitative estimate of drug-likeness (QED) is 0.560. The number of para-hydroxylation sites is 1. The molecule has 7 nitrogen and oxygen atoms in total. The first-order valence-corrected chi connectivity index (χ1v) is 10.7. The molecule has 1 aliphatic heterocycles. The highest BCUT2D eigenvalue weighted by Gasteiger charge is 2.28. The Kier molecular flexibility index (Phi) is 6.80. The number of amides is 1. The van der Waals surface area contributed by atoms with Crippen molar-refractivity contribution in [3.05, 3.63) is 65.8 Å². The molecule has 168 valence electrons. The SMILES string of the molecule is COc1ccccc1CN(C)C(=O)C1CCN(Cc2nc(-c3ccc(F)cc3)no2)CC1. The van der Waals surface area contributed by atoms with E-state index in [9.17, 15) is 9.18 Å². The Morgan fingerprint density at radius 2 is 1.91 bits per heavy atom. The van der Waals surface area contributed by atoms with Crippen molar-refractivity contribution in [2.75, 3.05) is 27.2 Å². The highest BCUT2D eigenvalue weighted by molar-refractivity contribution is 5.78. The number of halogens is 1. The number of ether oxygens (including phenoxy) is 1. The van der Waals surface area contributed by atoms with Gasteiger partial charge in [-0.1, -0.05) is 23.4 Å². The molecular formula is C24H27FN4O3. The zero-order valence-electron chi connectivity index (χ0n) is 18.3. The van der Waals surface area contributed by atoms with Gasteiger partial charge >= 0.3 is 0 Å². The molecule has 0 aliphatic carbocycles. The van der Waals surface area contributed by atoms with Crippen LogP contribution in [-0.2, 0) is 17.9 Å². The third kappa shape index (κ3) is 5.13. The second kappa shape index (κ2) is 9.91. The first-order chi connectivity index (χ1) is 15.5. The Bertz CT molecular complexity index is 1050. The fourth-order valence-electron chi connectivity index (χ4n) is 4.04. The van der Waals surface area contributed by atoms with Gasteiger partial charge in [0.25, 0.3) is 0 Å². The molecule has 0 N–H and O–H groups in total. The topological polar surface area (TPSA) is 71.7 Å². The molecule has 0 atom stereocenters. The molecule has 2 aromatic carbocycles. The largest absolute Gasteiger partial charge is 0.496 e. The van der Waals surface area contributed by atoms with Crippen LogP contribution in [0.1, 0.15) is 24.3 Å². The number of hydrogen-bond donors (Lipinski definition) is 0. The van der Waals surface area contributed by atoms with Crippen molar-refractivity contribution < 1.29 is 18.4 Å². The van der Waals surface area contributed by atoms with Crippen molar-refractivity contribution >= 4 is 5.91 Å². The molecule has 0 saturated carbocycles. The van der Waals surface area contributed by atoms with Gasteiger partial charge in [-0.05, 0) is 56.3 Å². The third-order valence-electron chi connectivity index (χ3n) is 5.84. The minimum absolute atomic E-state index is 0.00317. The van der Waals surface area contributed by atoms with E-state index >= 15 is 0 Å². The summed E-state index contributed by atoms with van der Waals surface area (Å²) in [6, 6.07) is 13.8. The van der Waals surface area contributed by atoms with Crippen molar-refractivity contribution in [3.8, 4) is 17.1 Å². The maximum atomic E-state index is 13.1. The van der Waals surface area contributed by atoms with E-state index in [1.54, 1.807) is 24.1 Å². The molecule has 0 radical (unpaired) electrons. The Morgan fingerprint density at radius 3 is 2.62 bits per heavy atom.